The number of fused-ring (bicyclic) bond motifs is 5. The summed E-state index contributed by atoms with van der Waals surface area (Å²) in [6.07, 6.45) is 11.3. The number of allylic oxidation sites excluding steroid dienone is 1. The Morgan fingerprint density at radius 3 is 2.70 bits per heavy atom. The van der Waals surface area contributed by atoms with E-state index in [1.165, 1.54) is 56.9 Å². The van der Waals surface area contributed by atoms with Crippen LogP contribution in [0.15, 0.2) is 12.2 Å². The van der Waals surface area contributed by atoms with E-state index >= 15 is 0 Å². The first-order valence-electron chi connectivity index (χ1n) is 8.79. The number of rotatable bonds is 0. The van der Waals surface area contributed by atoms with Crippen LogP contribution in [0.3, 0.4) is 0 Å². The lowest BCUT2D eigenvalue weighted by Gasteiger charge is -2.54. The van der Waals surface area contributed by atoms with Crippen LogP contribution in [0.5, 0.6) is 0 Å². The molecule has 0 aromatic heterocycles. The van der Waals surface area contributed by atoms with Crippen molar-refractivity contribution in [2.45, 2.75) is 64.7 Å². The lowest BCUT2D eigenvalue weighted by atomic mass is 9.50. The Morgan fingerprint density at radius 2 is 1.85 bits per heavy atom. The van der Waals surface area contributed by atoms with Crippen LogP contribution in [0.25, 0.3) is 0 Å². The van der Waals surface area contributed by atoms with Crippen molar-refractivity contribution >= 4 is 5.78 Å². The maximum absolute atomic E-state index is 12.3. The van der Waals surface area contributed by atoms with E-state index in [0.29, 0.717) is 5.78 Å². The van der Waals surface area contributed by atoms with Crippen LogP contribution in [0, 0.1) is 35.0 Å². The van der Waals surface area contributed by atoms with E-state index < -0.39 is 0 Å². The molecule has 6 unspecified atom stereocenters. The third-order valence-corrected chi connectivity index (χ3v) is 7.61. The van der Waals surface area contributed by atoms with E-state index in [1.807, 2.05) is 0 Å². The van der Waals surface area contributed by atoms with Crippen molar-refractivity contribution in [3.8, 4) is 0 Å². The van der Waals surface area contributed by atoms with E-state index in [-0.39, 0.29) is 5.41 Å². The molecule has 4 aliphatic rings. The molecule has 0 N–H and O–H groups in total. The maximum atomic E-state index is 12.3. The van der Waals surface area contributed by atoms with Crippen LogP contribution in [-0.4, -0.2) is 5.78 Å². The third kappa shape index (κ3) is 1.71. The molecule has 4 aliphatic carbocycles. The van der Waals surface area contributed by atoms with Crippen molar-refractivity contribution in [1.29, 1.82) is 0 Å². The summed E-state index contributed by atoms with van der Waals surface area (Å²) in [5.74, 6) is 5.00. The summed E-state index contributed by atoms with van der Waals surface area (Å²) < 4.78 is 0. The number of Topliss-reactive ketones (excluding diaryl/α,β-unsaturated/α-hetero) is 1. The molecule has 0 radical (unpaired) electrons. The third-order valence-electron chi connectivity index (χ3n) is 7.61. The Morgan fingerprint density at radius 1 is 1.00 bits per heavy atom. The summed E-state index contributed by atoms with van der Waals surface area (Å²) in [5.41, 5.74) is 1.56. The second kappa shape index (κ2) is 4.45. The highest BCUT2D eigenvalue weighted by Gasteiger charge is 2.56. The first-order chi connectivity index (χ1) is 9.59. The first-order valence-corrected chi connectivity index (χ1v) is 8.79. The number of ketones is 1. The van der Waals surface area contributed by atoms with E-state index in [1.54, 1.807) is 0 Å². The fourth-order valence-electron chi connectivity index (χ4n) is 6.55. The van der Waals surface area contributed by atoms with E-state index in [2.05, 4.69) is 13.5 Å². The largest absolute Gasteiger partial charge is 0.299 e. The monoisotopic (exact) mass is 272 g/mol. The summed E-state index contributed by atoms with van der Waals surface area (Å²) >= 11 is 0. The zero-order valence-corrected chi connectivity index (χ0v) is 12.9. The van der Waals surface area contributed by atoms with Gasteiger partial charge in [-0.15, -0.1) is 0 Å². The minimum Gasteiger partial charge on any atom is -0.299 e. The Balaban J connectivity index is 1.59. The van der Waals surface area contributed by atoms with Crippen molar-refractivity contribution in [2.75, 3.05) is 0 Å². The highest BCUT2D eigenvalue weighted by Crippen LogP contribution is 2.61. The summed E-state index contributed by atoms with van der Waals surface area (Å²) in [6, 6.07) is 0. The zero-order valence-electron chi connectivity index (χ0n) is 12.9. The van der Waals surface area contributed by atoms with Crippen molar-refractivity contribution < 1.29 is 4.79 Å². The molecular weight excluding hydrogens is 244 g/mol. The SMILES string of the molecule is C=C1CCC2C(CCC3C2CCC2(C)C(=O)CCC32)C1. The minimum absolute atomic E-state index is 0.0618. The van der Waals surface area contributed by atoms with Crippen molar-refractivity contribution in [3.63, 3.8) is 0 Å². The average molecular weight is 272 g/mol. The van der Waals surface area contributed by atoms with Crippen LogP contribution < -0.4 is 0 Å². The predicted molar refractivity (Wildman–Crippen MR) is 81.3 cm³/mol. The van der Waals surface area contributed by atoms with Crippen LogP contribution >= 0.6 is 0 Å². The van der Waals surface area contributed by atoms with Crippen molar-refractivity contribution in [2.24, 2.45) is 35.0 Å². The van der Waals surface area contributed by atoms with Gasteiger partial charge in [0.2, 0.25) is 0 Å². The van der Waals surface area contributed by atoms with Gasteiger partial charge in [0.1, 0.15) is 5.78 Å². The van der Waals surface area contributed by atoms with Gasteiger partial charge in [-0.1, -0.05) is 19.1 Å². The van der Waals surface area contributed by atoms with E-state index in [4.69, 9.17) is 0 Å². The molecule has 20 heavy (non-hydrogen) atoms. The van der Waals surface area contributed by atoms with Gasteiger partial charge in [-0.2, -0.15) is 0 Å². The quantitative estimate of drug-likeness (QED) is 0.581. The second-order valence-corrected chi connectivity index (χ2v) is 8.35. The number of carbonyl (C=O) groups is 1. The molecule has 0 aromatic rings. The molecule has 110 valence electrons. The summed E-state index contributed by atoms with van der Waals surface area (Å²) in [4.78, 5) is 12.3. The molecule has 0 saturated heterocycles. The molecule has 0 aliphatic heterocycles. The fraction of sp³-hybridized carbons (Fsp3) is 0.842. The standard InChI is InChI=1S/C19H28O/c1-12-3-5-14-13(11-12)4-6-16-15(14)9-10-19(2)17(16)7-8-18(19)20/h13-17H,1,3-11H2,2H3. The molecule has 1 nitrogen and oxygen atoms in total. The minimum atomic E-state index is 0.0618. The number of hydrogen-bond donors (Lipinski definition) is 0. The Bertz CT molecular complexity index is 451. The molecule has 0 spiro atoms. The van der Waals surface area contributed by atoms with Gasteiger partial charge < -0.3 is 0 Å². The maximum Gasteiger partial charge on any atom is 0.139 e. The summed E-state index contributed by atoms with van der Waals surface area (Å²) in [5, 5.41) is 0. The lowest BCUT2D eigenvalue weighted by molar-refractivity contribution is -0.132. The average Bonchev–Trinajstić information content (AvgIpc) is 2.74. The summed E-state index contributed by atoms with van der Waals surface area (Å²) in [7, 11) is 0. The van der Waals surface area contributed by atoms with Gasteiger partial charge in [0, 0.05) is 11.8 Å². The summed E-state index contributed by atoms with van der Waals surface area (Å²) in [6.45, 7) is 6.53. The molecule has 4 rings (SSSR count). The topological polar surface area (TPSA) is 17.1 Å². The molecular formula is C19H28O. The Hall–Kier alpha value is -0.590. The Labute approximate surface area is 123 Å². The fourth-order valence-corrected chi connectivity index (χ4v) is 6.55. The van der Waals surface area contributed by atoms with Crippen molar-refractivity contribution in [3.05, 3.63) is 12.2 Å². The van der Waals surface area contributed by atoms with Gasteiger partial charge in [0.25, 0.3) is 0 Å². The number of hydrogen-bond acceptors (Lipinski definition) is 1. The van der Waals surface area contributed by atoms with Gasteiger partial charge in [0.05, 0.1) is 0 Å². The lowest BCUT2D eigenvalue weighted by Crippen LogP contribution is -2.48. The Kier molecular flexibility index (Phi) is 2.91. The molecule has 0 bridgehead atoms. The highest BCUT2D eigenvalue weighted by atomic mass is 16.1. The van der Waals surface area contributed by atoms with Crippen molar-refractivity contribution in [1.82, 2.24) is 0 Å². The van der Waals surface area contributed by atoms with E-state index in [0.717, 1.165) is 36.0 Å². The molecule has 0 heterocycles. The highest BCUT2D eigenvalue weighted by molar-refractivity contribution is 5.87. The van der Waals surface area contributed by atoms with Crippen LogP contribution in [0.4, 0.5) is 0 Å². The van der Waals surface area contributed by atoms with Gasteiger partial charge >= 0.3 is 0 Å². The van der Waals surface area contributed by atoms with Crippen LogP contribution in [0.1, 0.15) is 64.7 Å². The van der Waals surface area contributed by atoms with Gasteiger partial charge in [-0.3, -0.25) is 4.79 Å². The van der Waals surface area contributed by atoms with Gasteiger partial charge in [-0.25, -0.2) is 0 Å². The number of carbonyl (C=O) groups excluding carboxylic acids is 1. The molecule has 6 atom stereocenters. The van der Waals surface area contributed by atoms with Gasteiger partial charge in [0.15, 0.2) is 0 Å². The van der Waals surface area contributed by atoms with Gasteiger partial charge in [-0.05, 0) is 81.0 Å². The molecule has 0 aromatic carbocycles. The molecule has 0 amide bonds. The second-order valence-electron chi connectivity index (χ2n) is 8.35. The molecule has 1 heteroatoms. The zero-order chi connectivity index (χ0) is 13.9. The predicted octanol–water partition coefficient (Wildman–Crippen LogP) is 4.76. The normalized spacial score (nSPS) is 51.4. The van der Waals surface area contributed by atoms with Crippen LogP contribution in [-0.2, 0) is 4.79 Å². The smallest absolute Gasteiger partial charge is 0.139 e. The first kappa shape index (κ1) is 13.1. The molecule has 4 fully saturated rings. The van der Waals surface area contributed by atoms with E-state index in [9.17, 15) is 4.79 Å². The van der Waals surface area contributed by atoms with Crippen LogP contribution in [0.2, 0.25) is 0 Å². The molecule has 4 saturated carbocycles.